The Bertz CT molecular complexity index is 1670. The zero-order valence-corrected chi connectivity index (χ0v) is 25.1. The van der Waals surface area contributed by atoms with Gasteiger partial charge in [-0.05, 0) is 83.8 Å². The van der Waals surface area contributed by atoms with E-state index in [2.05, 4.69) is 15.6 Å². The fourth-order valence-corrected chi connectivity index (χ4v) is 5.05. The molecule has 1 unspecified atom stereocenters. The van der Waals surface area contributed by atoms with Gasteiger partial charge in [0.25, 0.3) is 11.6 Å². The first-order valence-electron chi connectivity index (χ1n) is 13.8. The predicted octanol–water partition coefficient (Wildman–Crippen LogP) is 2.88. The second kappa shape index (κ2) is 13.3. The smallest absolute Gasteiger partial charge is 0.325 e. The number of thiocarbonyl (C=S) groups is 1. The largest absolute Gasteiger partial charge is 0.858 e. The average molecular weight is 615 g/mol. The van der Waals surface area contributed by atoms with Crippen molar-refractivity contribution < 1.29 is 33.4 Å². The summed E-state index contributed by atoms with van der Waals surface area (Å²) in [5.41, 5.74) is 1.83. The number of carbonyl (C=O) groups excluding carboxylic acids is 2. The molecule has 0 bridgehead atoms. The van der Waals surface area contributed by atoms with Crippen LogP contribution in [-0.2, 0) is 23.2 Å². The van der Waals surface area contributed by atoms with Crippen LogP contribution in [0.5, 0.6) is 11.5 Å². The van der Waals surface area contributed by atoms with E-state index in [1.807, 2.05) is 6.92 Å². The summed E-state index contributed by atoms with van der Waals surface area (Å²) in [6.45, 7) is 2.36. The highest BCUT2D eigenvalue weighted by atomic mass is 32.1. The molecule has 1 N–H and O–H groups in total. The maximum absolute atomic E-state index is 13.9. The van der Waals surface area contributed by atoms with Crippen LogP contribution in [0.25, 0.3) is 0 Å². The number of rotatable bonds is 11. The summed E-state index contributed by atoms with van der Waals surface area (Å²) >= 11 is 5.81. The molecular formula is C31H30N6O6S. The first kappa shape index (κ1) is 30.2. The van der Waals surface area contributed by atoms with Gasteiger partial charge in [-0.25, -0.2) is 4.99 Å². The number of ether oxygens (including phenoxy) is 2. The lowest BCUT2D eigenvalue weighted by Crippen LogP contribution is -2.42. The van der Waals surface area contributed by atoms with Gasteiger partial charge < -0.3 is 24.8 Å². The number of aryl methyl sites for hydroxylation is 1. The van der Waals surface area contributed by atoms with Crippen molar-refractivity contribution in [1.82, 2.24) is 10.2 Å². The summed E-state index contributed by atoms with van der Waals surface area (Å²) < 4.78 is 17.5. The number of carbonyl (C=O) groups is 2. The van der Waals surface area contributed by atoms with Gasteiger partial charge in [-0.3, -0.25) is 19.0 Å². The van der Waals surface area contributed by atoms with Crippen molar-refractivity contribution in [2.24, 2.45) is 12.0 Å². The van der Waals surface area contributed by atoms with Crippen LogP contribution < -0.4 is 29.5 Å². The molecule has 2 heterocycles. The molecule has 13 heteroatoms. The molecule has 1 aliphatic rings. The summed E-state index contributed by atoms with van der Waals surface area (Å²) in [6.07, 6.45) is -0.205. The van der Waals surface area contributed by atoms with Crippen molar-refractivity contribution in [2.75, 3.05) is 23.9 Å². The van der Waals surface area contributed by atoms with E-state index < -0.39 is 17.8 Å². The Balaban J connectivity index is 1.45. The number of anilines is 2. The van der Waals surface area contributed by atoms with E-state index in [1.165, 1.54) is 9.58 Å². The molecule has 1 aliphatic heterocycles. The zero-order valence-electron chi connectivity index (χ0n) is 24.3. The second-order valence-corrected chi connectivity index (χ2v) is 10.1. The van der Waals surface area contributed by atoms with Gasteiger partial charge in [0.15, 0.2) is 12.2 Å². The molecule has 3 aromatic carbocycles. The third-order valence-corrected chi connectivity index (χ3v) is 7.33. The van der Waals surface area contributed by atoms with E-state index in [4.69, 9.17) is 26.2 Å². The fourth-order valence-electron chi connectivity index (χ4n) is 4.67. The minimum atomic E-state index is -0.972. The Morgan fingerprint density at radius 3 is 2.43 bits per heavy atom. The average Bonchev–Trinajstić information content (AvgIpc) is 3.49. The number of amides is 2. The van der Waals surface area contributed by atoms with Crippen LogP contribution in [0, 0.1) is 0 Å². The summed E-state index contributed by atoms with van der Waals surface area (Å²) in [7, 11) is 3.18. The molecule has 1 fully saturated rings. The molecule has 12 nitrogen and oxygen atoms in total. The highest BCUT2D eigenvalue weighted by Gasteiger charge is 2.46. The number of hydrogen-bond donors (Lipinski definition) is 1. The molecule has 1 atom stereocenters. The number of benzene rings is 3. The van der Waals surface area contributed by atoms with Crippen molar-refractivity contribution in [2.45, 2.75) is 25.9 Å². The van der Waals surface area contributed by atoms with Gasteiger partial charge in [0, 0.05) is 5.69 Å². The van der Waals surface area contributed by atoms with E-state index in [9.17, 15) is 14.7 Å². The van der Waals surface area contributed by atoms with Crippen molar-refractivity contribution in [3.8, 4) is 11.5 Å². The molecular weight excluding hydrogens is 584 g/mol. The predicted molar refractivity (Wildman–Crippen MR) is 164 cm³/mol. The Kier molecular flexibility index (Phi) is 9.15. The van der Waals surface area contributed by atoms with Crippen LogP contribution in [0.15, 0.2) is 88.4 Å². The third kappa shape index (κ3) is 6.52. The molecule has 4 aromatic rings. The van der Waals surface area contributed by atoms with Crippen LogP contribution >= 0.6 is 12.2 Å². The van der Waals surface area contributed by atoms with E-state index in [0.29, 0.717) is 40.7 Å². The van der Waals surface area contributed by atoms with Gasteiger partial charge >= 0.3 is 5.88 Å². The van der Waals surface area contributed by atoms with Crippen LogP contribution in [0.1, 0.15) is 24.6 Å². The quantitative estimate of drug-likeness (QED) is 0.117. The van der Waals surface area contributed by atoms with Crippen LogP contribution in [0.3, 0.4) is 0 Å². The first-order valence-corrected chi connectivity index (χ1v) is 14.2. The summed E-state index contributed by atoms with van der Waals surface area (Å²) in [5.74, 6) is -0.0413. The van der Waals surface area contributed by atoms with Crippen LogP contribution in [-0.4, -0.2) is 52.8 Å². The number of nitrogens with one attached hydrogen (secondary N) is 1. The van der Waals surface area contributed by atoms with E-state index in [0.717, 1.165) is 0 Å². The molecule has 44 heavy (non-hydrogen) atoms. The van der Waals surface area contributed by atoms with Gasteiger partial charge in [-0.1, -0.05) is 30.3 Å². The topological polar surface area (TPSA) is 136 Å². The molecule has 5 rings (SSSR count). The lowest BCUT2D eigenvalue weighted by atomic mass is 10.1. The van der Waals surface area contributed by atoms with Crippen LogP contribution in [0.4, 0.5) is 17.3 Å². The monoisotopic (exact) mass is 614 g/mol. The number of aromatic nitrogens is 2. The zero-order chi connectivity index (χ0) is 31.2. The van der Waals surface area contributed by atoms with Gasteiger partial charge in [-0.15, -0.1) is 0 Å². The number of aliphatic imine (C=N–C) groups is 1. The van der Waals surface area contributed by atoms with Crippen molar-refractivity contribution in [1.29, 1.82) is 0 Å². The Hall–Kier alpha value is -5.30. The maximum atomic E-state index is 13.9. The Labute approximate surface area is 259 Å². The highest BCUT2D eigenvalue weighted by Crippen LogP contribution is 2.31. The summed E-state index contributed by atoms with van der Waals surface area (Å²) in [5, 5.41) is 19.8. The van der Waals surface area contributed by atoms with Gasteiger partial charge in [-0.2, -0.15) is 0 Å². The van der Waals surface area contributed by atoms with E-state index in [-0.39, 0.29) is 29.9 Å². The Morgan fingerprint density at radius 1 is 1.09 bits per heavy atom. The molecule has 0 aliphatic carbocycles. The Morgan fingerprint density at radius 2 is 1.77 bits per heavy atom. The molecule has 0 radical (unpaired) electrons. The lowest BCUT2D eigenvalue weighted by molar-refractivity contribution is -0.746. The number of hydrogen-bond acceptors (Lipinski definition) is 9. The van der Waals surface area contributed by atoms with Gasteiger partial charge in [0.2, 0.25) is 11.2 Å². The van der Waals surface area contributed by atoms with Crippen molar-refractivity contribution in [3.05, 3.63) is 90.1 Å². The molecule has 1 saturated heterocycles. The van der Waals surface area contributed by atoms with E-state index >= 15 is 0 Å². The summed E-state index contributed by atoms with van der Waals surface area (Å²) in [6, 6.07) is 21.4. The molecule has 226 valence electrons. The molecule has 2 amide bonds. The standard InChI is InChI=1S/C31H30N6O6S/c1-4-42-24-16-12-22(13-17-24)37-30(40)25(18-27(38)32-21-10-14-23(41-3)15-11-21)36(31(37)44)19-26-29(43-34-35(26)2)33-28(39)20-8-6-5-7-9-20/h5-17,25H,4,18-19H2,1-3H3,(H-,32,33,34,38,39). The first-order chi connectivity index (χ1) is 21.3. The maximum Gasteiger partial charge on any atom is 0.325 e. The van der Waals surface area contributed by atoms with Gasteiger partial charge in [0.1, 0.15) is 24.1 Å². The highest BCUT2D eigenvalue weighted by molar-refractivity contribution is 7.80. The molecule has 1 aromatic heterocycles. The van der Waals surface area contributed by atoms with Crippen molar-refractivity contribution >= 4 is 52.3 Å². The minimum Gasteiger partial charge on any atom is -0.858 e. The van der Waals surface area contributed by atoms with Crippen LogP contribution in [0.2, 0.25) is 0 Å². The van der Waals surface area contributed by atoms with Crippen molar-refractivity contribution in [3.63, 3.8) is 0 Å². The fraction of sp³-hybridized carbons (Fsp3) is 0.226. The lowest BCUT2D eigenvalue weighted by Gasteiger charge is -2.22. The number of nitrogens with zero attached hydrogens (tertiary/aromatic N) is 5. The normalized spacial score (nSPS) is 15.1. The minimum absolute atomic E-state index is 0.0144. The third-order valence-electron chi connectivity index (χ3n) is 6.91. The summed E-state index contributed by atoms with van der Waals surface area (Å²) in [4.78, 5) is 34.3. The van der Waals surface area contributed by atoms with E-state index in [1.54, 1.807) is 97.9 Å². The van der Waals surface area contributed by atoms with Gasteiger partial charge in [0.05, 0.1) is 25.8 Å². The molecule has 0 saturated carbocycles. The number of methoxy groups -OCH3 is 1. The second-order valence-electron chi connectivity index (χ2n) is 9.74. The molecule has 0 spiro atoms. The SMILES string of the molecule is CCOc1ccc(N2C(=O)C(CC(=O)Nc3ccc(OC)cc3)N(Cc3c(/N=C(\[O-])c4ccccc4)on[n+]3C)C2=S)cc1.